The van der Waals surface area contributed by atoms with E-state index >= 15 is 0 Å². The molecule has 0 amide bonds. The lowest BCUT2D eigenvalue weighted by Gasteiger charge is -2.13. The van der Waals surface area contributed by atoms with E-state index in [-0.39, 0.29) is 0 Å². The number of aromatic nitrogens is 1. The Labute approximate surface area is 200 Å². The van der Waals surface area contributed by atoms with Crippen LogP contribution < -0.4 is 0 Å². The van der Waals surface area contributed by atoms with Crippen molar-refractivity contribution in [3.05, 3.63) is 126 Å². The number of benzene rings is 5. The van der Waals surface area contributed by atoms with Crippen LogP contribution in [0.15, 0.2) is 115 Å². The van der Waals surface area contributed by atoms with Crippen LogP contribution in [0.25, 0.3) is 49.7 Å². The minimum atomic E-state index is 1.03. The van der Waals surface area contributed by atoms with Crippen LogP contribution in [0, 0.1) is 6.92 Å². The van der Waals surface area contributed by atoms with Gasteiger partial charge in [0.2, 0.25) is 0 Å². The first-order valence-electron chi connectivity index (χ1n) is 12.0. The molecule has 0 aliphatic carbocycles. The minimum Gasteiger partial charge on any atom is -0.309 e. The van der Waals surface area contributed by atoms with Crippen molar-refractivity contribution in [1.29, 1.82) is 0 Å². The van der Waals surface area contributed by atoms with Gasteiger partial charge >= 0.3 is 0 Å². The van der Waals surface area contributed by atoms with E-state index in [1.807, 2.05) is 0 Å². The predicted octanol–water partition coefficient (Wildman–Crippen LogP) is 8.99. The summed E-state index contributed by atoms with van der Waals surface area (Å²) in [5, 5.41) is 2.57. The molecule has 0 saturated heterocycles. The molecule has 0 spiro atoms. The van der Waals surface area contributed by atoms with E-state index in [1.165, 1.54) is 60.9 Å². The molecule has 0 aliphatic heterocycles. The number of hydrogen-bond donors (Lipinski definition) is 0. The Hall–Kier alpha value is -4.10. The van der Waals surface area contributed by atoms with E-state index in [0.29, 0.717) is 0 Å². The Balaban J connectivity index is 1.56. The second-order valence-electron chi connectivity index (χ2n) is 8.96. The second kappa shape index (κ2) is 8.35. The van der Waals surface area contributed by atoms with Crippen molar-refractivity contribution in [3.63, 3.8) is 0 Å². The Kier molecular flexibility index (Phi) is 5.04. The van der Waals surface area contributed by atoms with Gasteiger partial charge < -0.3 is 4.57 Å². The van der Waals surface area contributed by atoms with Crippen molar-refractivity contribution in [2.24, 2.45) is 0 Å². The van der Waals surface area contributed by atoms with Gasteiger partial charge in [-0.1, -0.05) is 85.8 Å². The van der Waals surface area contributed by atoms with Crippen molar-refractivity contribution in [2.45, 2.75) is 20.3 Å². The summed E-state index contributed by atoms with van der Waals surface area (Å²) in [5.41, 5.74) is 11.5. The lowest BCUT2D eigenvalue weighted by molar-refractivity contribution is 1.14. The maximum atomic E-state index is 2.37. The Bertz CT molecular complexity index is 1640. The summed E-state index contributed by atoms with van der Waals surface area (Å²) in [5.74, 6) is 0. The topological polar surface area (TPSA) is 4.93 Å². The monoisotopic (exact) mass is 437 g/mol. The highest BCUT2D eigenvalue weighted by molar-refractivity contribution is 6.10. The molecular formula is C33H27N. The molecule has 6 aromatic rings. The second-order valence-corrected chi connectivity index (χ2v) is 8.96. The van der Waals surface area contributed by atoms with Crippen LogP contribution in [0.3, 0.4) is 0 Å². The fourth-order valence-corrected chi connectivity index (χ4v) is 5.19. The van der Waals surface area contributed by atoms with Gasteiger partial charge in [0.15, 0.2) is 0 Å². The van der Waals surface area contributed by atoms with E-state index in [4.69, 9.17) is 0 Å². The molecule has 0 atom stereocenters. The van der Waals surface area contributed by atoms with Crippen LogP contribution in [-0.4, -0.2) is 4.57 Å². The Morgan fingerprint density at radius 1 is 0.559 bits per heavy atom. The first-order valence-corrected chi connectivity index (χ1v) is 12.0. The van der Waals surface area contributed by atoms with E-state index in [9.17, 15) is 0 Å². The molecule has 164 valence electrons. The third kappa shape index (κ3) is 3.33. The van der Waals surface area contributed by atoms with Crippen LogP contribution in [-0.2, 0) is 6.42 Å². The van der Waals surface area contributed by atoms with E-state index in [1.54, 1.807) is 0 Å². The average molecular weight is 438 g/mol. The van der Waals surface area contributed by atoms with Crippen LogP contribution in [0.5, 0.6) is 0 Å². The van der Waals surface area contributed by atoms with Gasteiger partial charge in [-0.3, -0.25) is 0 Å². The molecule has 1 nitrogen and oxygen atoms in total. The highest BCUT2D eigenvalue weighted by atomic mass is 15.0. The number of fused-ring (bicyclic) bond motifs is 3. The van der Waals surface area contributed by atoms with Crippen LogP contribution in [0.1, 0.15) is 18.1 Å². The van der Waals surface area contributed by atoms with Crippen molar-refractivity contribution in [3.8, 4) is 27.9 Å². The molecule has 0 N–H and O–H groups in total. The molecule has 1 aromatic heterocycles. The SMILES string of the molecule is CCc1ccccc1-c1cc(-c2ccc3c(c2)c2ccccc2n3-c2ccccc2)ccc1C. The fourth-order valence-electron chi connectivity index (χ4n) is 5.19. The summed E-state index contributed by atoms with van der Waals surface area (Å²) >= 11 is 0. The molecule has 34 heavy (non-hydrogen) atoms. The zero-order valence-electron chi connectivity index (χ0n) is 19.6. The quantitative estimate of drug-likeness (QED) is 0.259. The normalized spacial score (nSPS) is 11.4. The van der Waals surface area contributed by atoms with Gasteiger partial charge in [0.1, 0.15) is 0 Å². The maximum absolute atomic E-state index is 2.37. The first-order chi connectivity index (χ1) is 16.7. The molecule has 0 aliphatic rings. The van der Waals surface area contributed by atoms with Crippen LogP contribution >= 0.6 is 0 Å². The van der Waals surface area contributed by atoms with Gasteiger partial charge in [0.05, 0.1) is 11.0 Å². The number of nitrogens with zero attached hydrogens (tertiary/aromatic N) is 1. The third-order valence-electron chi connectivity index (χ3n) is 6.95. The Morgan fingerprint density at radius 2 is 1.24 bits per heavy atom. The van der Waals surface area contributed by atoms with E-state index in [2.05, 4.69) is 134 Å². The van der Waals surface area contributed by atoms with E-state index < -0.39 is 0 Å². The zero-order chi connectivity index (χ0) is 23.1. The van der Waals surface area contributed by atoms with Crippen molar-refractivity contribution in [1.82, 2.24) is 4.57 Å². The number of aryl methyl sites for hydroxylation is 2. The van der Waals surface area contributed by atoms with Gasteiger partial charge in [-0.15, -0.1) is 0 Å². The van der Waals surface area contributed by atoms with Crippen molar-refractivity contribution < 1.29 is 0 Å². The smallest absolute Gasteiger partial charge is 0.0541 e. The number of para-hydroxylation sites is 2. The lowest BCUT2D eigenvalue weighted by atomic mass is 9.91. The number of hydrogen-bond acceptors (Lipinski definition) is 0. The minimum absolute atomic E-state index is 1.03. The largest absolute Gasteiger partial charge is 0.309 e. The summed E-state index contributed by atoms with van der Waals surface area (Å²) in [6, 6.07) is 41.9. The number of rotatable bonds is 4. The van der Waals surface area contributed by atoms with Crippen LogP contribution in [0.2, 0.25) is 0 Å². The third-order valence-corrected chi connectivity index (χ3v) is 6.95. The molecule has 1 heterocycles. The van der Waals surface area contributed by atoms with Crippen molar-refractivity contribution in [2.75, 3.05) is 0 Å². The molecule has 6 rings (SSSR count). The standard InChI is InChI=1S/C33H27N/c1-3-24-11-7-8-14-28(24)30-21-25(18-17-23(30)2)26-19-20-33-31(22-26)29-15-9-10-16-32(29)34(33)27-12-5-4-6-13-27/h4-22H,3H2,1-2H3. The van der Waals surface area contributed by atoms with Gasteiger partial charge in [-0.2, -0.15) is 0 Å². The summed E-state index contributed by atoms with van der Waals surface area (Å²) in [4.78, 5) is 0. The summed E-state index contributed by atoms with van der Waals surface area (Å²) in [6.07, 6.45) is 1.03. The molecule has 0 radical (unpaired) electrons. The maximum Gasteiger partial charge on any atom is 0.0541 e. The summed E-state index contributed by atoms with van der Waals surface area (Å²) in [6.45, 7) is 4.44. The van der Waals surface area contributed by atoms with Gasteiger partial charge in [-0.05, 0) is 83.1 Å². The molecule has 0 fully saturated rings. The molecule has 0 saturated carbocycles. The van der Waals surface area contributed by atoms with Crippen LogP contribution in [0.4, 0.5) is 0 Å². The van der Waals surface area contributed by atoms with Gasteiger partial charge in [0.25, 0.3) is 0 Å². The fraction of sp³-hybridized carbons (Fsp3) is 0.0909. The van der Waals surface area contributed by atoms with Crippen molar-refractivity contribution >= 4 is 21.8 Å². The molecule has 0 bridgehead atoms. The zero-order valence-corrected chi connectivity index (χ0v) is 19.6. The average Bonchev–Trinajstić information content (AvgIpc) is 3.23. The molecule has 1 heteroatoms. The highest BCUT2D eigenvalue weighted by Crippen LogP contribution is 2.36. The summed E-state index contributed by atoms with van der Waals surface area (Å²) < 4.78 is 2.37. The van der Waals surface area contributed by atoms with Gasteiger partial charge in [0, 0.05) is 16.5 Å². The van der Waals surface area contributed by atoms with E-state index in [0.717, 1.165) is 6.42 Å². The molecule has 0 unspecified atom stereocenters. The first kappa shape index (κ1) is 20.5. The molecular weight excluding hydrogens is 410 g/mol. The summed E-state index contributed by atoms with van der Waals surface area (Å²) in [7, 11) is 0. The highest BCUT2D eigenvalue weighted by Gasteiger charge is 2.14. The molecule has 5 aromatic carbocycles. The van der Waals surface area contributed by atoms with Gasteiger partial charge in [-0.25, -0.2) is 0 Å². The Morgan fingerprint density at radius 3 is 2.09 bits per heavy atom. The lowest BCUT2D eigenvalue weighted by Crippen LogP contribution is -1.93. The predicted molar refractivity (Wildman–Crippen MR) is 146 cm³/mol.